The lowest BCUT2D eigenvalue weighted by Crippen LogP contribution is -2.46. The number of carbonyl (C=O) groups excluding carboxylic acids is 1. The molecule has 1 unspecified atom stereocenters. The molecule has 31 heavy (non-hydrogen) atoms. The van der Waals surface area contributed by atoms with Gasteiger partial charge >= 0.3 is 0 Å². The molecule has 2 heterocycles. The maximum atomic E-state index is 13.1. The summed E-state index contributed by atoms with van der Waals surface area (Å²) >= 11 is 12.6. The Bertz CT molecular complexity index is 953. The van der Waals surface area contributed by atoms with Gasteiger partial charge in [-0.25, -0.2) is 5.01 Å². The molecule has 2 aromatic rings. The van der Waals surface area contributed by atoms with E-state index in [1.54, 1.807) is 12.1 Å². The standard InChI is InChI=1S/C24H28Cl2N4O/c1-17-7-9-18(10-8-17)23-16-21(24(31)28-29-13-5-3-2-4-6-14-29)27-30(23)22-12-11-19(25)15-20(22)26/h7-12,15,23H,2-6,13-14,16H2,1H3,(H,28,31). The van der Waals surface area contributed by atoms with Crippen LogP contribution in [0.3, 0.4) is 0 Å². The molecule has 7 heteroatoms. The van der Waals surface area contributed by atoms with Crippen LogP contribution < -0.4 is 10.4 Å². The first kappa shape index (κ1) is 22.1. The number of halogens is 2. The summed E-state index contributed by atoms with van der Waals surface area (Å²) in [6.45, 7) is 3.82. The average molecular weight is 459 g/mol. The van der Waals surface area contributed by atoms with Crippen molar-refractivity contribution in [2.45, 2.75) is 51.5 Å². The van der Waals surface area contributed by atoms with Crippen LogP contribution in [-0.2, 0) is 4.79 Å². The molecular weight excluding hydrogens is 431 g/mol. The Balaban J connectivity index is 1.58. The Labute approximate surface area is 194 Å². The third kappa shape index (κ3) is 5.40. The molecule has 5 nitrogen and oxygen atoms in total. The highest BCUT2D eigenvalue weighted by atomic mass is 35.5. The Morgan fingerprint density at radius 3 is 2.35 bits per heavy atom. The van der Waals surface area contributed by atoms with Crippen LogP contribution in [0.4, 0.5) is 5.69 Å². The van der Waals surface area contributed by atoms with Crippen LogP contribution in [0.5, 0.6) is 0 Å². The maximum absolute atomic E-state index is 13.1. The number of aryl methyl sites for hydroxylation is 1. The minimum Gasteiger partial charge on any atom is -0.284 e. The quantitative estimate of drug-likeness (QED) is 0.619. The second kappa shape index (κ2) is 10.0. The molecular formula is C24H28Cl2N4O. The van der Waals surface area contributed by atoms with Crippen LogP contribution in [0.15, 0.2) is 47.6 Å². The van der Waals surface area contributed by atoms with Gasteiger partial charge in [0.1, 0.15) is 5.71 Å². The number of hydrazone groups is 1. The Morgan fingerprint density at radius 2 is 1.68 bits per heavy atom. The van der Waals surface area contributed by atoms with Crippen molar-refractivity contribution >= 4 is 40.5 Å². The highest BCUT2D eigenvalue weighted by Crippen LogP contribution is 2.39. The van der Waals surface area contributed by atoms with Gasteiger partial charge < -0.3 is 0 Å². The zero-order chi connectivity index (χ0) is 21.8. The lowest BCUT2D eigenvalue weighted by atomic mass is 10.00. The van der Waals surface area contributed by atoms with Crippen molar-refractivity contribution in [3.8, 4) is 0 Å². The number of hydrazine groups is 1. The van der Waals surface area contributed by atoms with E-state index in [2.05, 4.69) is 36.6 Å². The second-order valence-corrected chi connectivity index (χ2v) is 9.16. The van der Waals surface area contributed by atoms with Crippen molar-refractivity contribution in [2.24, 2.45) is 5.10 Å². The summed E-state index contributed by atoms with van der Waals surface area (Å²) in [5, 5.41) is 9.70. The molecule has 0 radical (unpaired) electrons. The number of carbonyl (C=O) groups is 1. The van der Waals surface area contributed by atoms with Crippen molar-refractivity contribution in [2.75, 3.05) is 18.1 Å². The molecule has 2 aromatic carbocycles. The molecule has 1 amide bonds. The van der Waals surface area contributed by atoms with Crippen LogP contribution in [0.1, 0.15) is 55.7 Å². The third-order valence-corrected chi connectivity index (χ3v) is 6.44. The Kier molecular flexibility index (Phi) is 7.16. The normalized spacial score (nSPS) is 20.2. The van der Waals surface area contributed by atoms with E-state index in [0.717, 1.165) is 37.2 Å². The van der Waals surface area contributed by atoms with E-state index < -0.39 is 0 Å². The summed E-state index contributed by atoms with van der Waals surface area (Å²) < 4.78 is 0. The van der Waals surface area contributed by atoms with E-state index in [1.807, 2.05) is 16.1 Å². The van der Waals surface area contributed by atoms with Crippen molar-refractivity contribution in [3.05, 3.63) is 63.6 Å². The molecule has 1 fully saturated rings. The molecule has 1 saturated heterocycles. The van der Waals surface area contributed by atoms with Gasteiger partial charge in [-0.1, -0.05) is 72.3 Å². The summed E-state index contributed by atoms with van der Waals surface area (Å²) in [7, 11) is 0. The van der Waals surface area contributed by atoms with Gasteiger partial charge in [-0.05, 0) is 43.5 Å². The predicted octanol–water partition coefficient (Wildman–Crippen LogP) is 5.91. The predicted molar refractivity (Wildman–Crippen MR) is 128 cm³/mol. The van der Waals surface area contributed by atoms with Gasteiger partial charge in [0.15, 0.2) is 0 Å². The number of hydrogen-bond donors (Lipinski definition) is 1. The zero-order valence-electron chi connectivity index (χ0n) is 17.8. The summed E-state index contributed by atoms with van der Waals surface area (Å²) in [6, 6.07) is 13.6. The first-order valence-electron chi connectivity index (χ1n) is 11.0. The van der Waals surface area contributed by atoms with Gasteiger partial charge in [0, 0.05) is 24.5 Å². The highest BCUT2D eigenvalue weighted by Gasteiger charge is 2.34. The molecule has 0 spiro atoms. The van der Waals surface area contributed by atoms with Gasteiger partial charge in [0.2, 0.25) is 0 Å². The molecule has 164 valence electrons. The lowest BCUT2D eigenvalue weighted by molar-refractivity contribution is -0.119. The summed E-state index contributed by atoms with van der Waals surface area (Å²) in [5.41, 5.74) is 6.62. The number of rotatable bonds is 4. The Hall–Kier alpha value is -2.08. The van der Waals surface area contributed by atoms with Crippen molar-refractivity contribution in [3.63, 3.8) is 0 Å². The number of nitrogens with one attached hydrogen (secondary N) is 1. The molecule has 0 bridgehead atoms. The van der Waals surface area contributed by atoms with Crippen LogP contribution in [-0.4, -0.2) is 29.7 Å². The fourth-order valence-electron chi connectivity index (χ4n) is 4.15. The number of benzene rings is 2. The van der Waals surface area contributed by atoms with Crippen LogP contribution in [0, 0.1) is 6.92 Å². The SMILES string of the molecule is Cc1ccc(C2CC(C(=O)NN3CCCCCCC3)=NN2c2ccc(Cl)cc2Cl)cc1. The van der Waals surface area contributed by atoms with E-state index in [0.29, 0.717) is 22.2 Å². The summed E-state index contributed by atoms with van der Waals surface area (Å²) in [5.74, 6) is -0.134. The molecule has 1 N–H and O–H groups in total. The molecule has 4 rings (SSSR count). The van der Waals surface area contributed by atoms with Gasteiger partial charge in [0.25, 0.3) is 5.91 Å². The largest absolute Gasteiger partial charge is 0.284 e. The minimum atomic E-state index is -0.134. The summed E-state index contributed by atoms with van der Waals surface area (Å²) in [6.07, 6.45) is 6.43. The molecule has 1 atom stereocenters. The second-order valence-electron chi connectivity index (χ2n) is 8.31. The maximum Gasteiger partial charge on any atom is 0.281 e. The first-order valence-corrected chi connectivity index (χ1v) is 11.7. The Morgan fingerprint density at radius 1 is 1.00 bits per heavy atom. The van der Waals surface area contributed by atoms with Crippen LogP contribution >= 0.6 is 23.2 Å². The lowest BCUT2D eigenvalue weighted by Gasteiger charge is -2.25. The van der Waals surface area contributed by atoms with E-state index in [1.165, 1.54) is 24.8 Å². The number of nitrogens with zero attached hydrogens (tertiary/aromatic N) is 3. The van der Waals surface area contributed by atoms with Gasteiger partial charge in [0.05, 0.1) is 16.8 Å². The molecule has 0 aliphatic carbocycles. The fraction of sp³-hybridized carbons (Fsp3) is 0.417. The van der Waals surface area contributed by atoms with E-state index >= 15 is 0 Å². The first-order chi connectivity index (χ1) is 15.0. The van der Waals surface area contributed by atoms with Crippen LogP contribution in [0.25, 0.3) is 0 Å². The van der Waals surface area contributed by atoms with Gasteiger partial charge in [-0.3, -0.25) is 15.2 Å². The third-order valence-electron chi connectivity index (χ3n) is 5.91. The van der Waals surface area contributed by atoms with Gasteiger partial charge in [-0.2, -0.15) is 5.10 Å². The average Bonchev–Trinajstić information content (AvgIpc) is 3.15. The molecule has 2 aliphatic rings. The molecule has 0 aromatic heterocycles. The number of hydrogen-bond acceptors (Lipinski definition) is 4. The van der Waals surface area contributed by atoms with Crippen molar-refractivity contribution in [1.82, 2.24) is 10.4 Å². The smallest absolute Gasteiger partial charge is 0.281 e. The van der Waals surface area contributed by atoms with Crippen molar-refractivity contribution < 1.29 is 4.79 Å². The number of amides is 1. The minimum absolute atomic E-state index is 0.104. The van der Waals surface area contributed by atoms with E-state index in [9.17, 15) is 4.79 Å². The summed E-state index contributed by atoms with van der Waals surface area (Å²) in [4.78, 5) is 13.1. The zero-order valence-corrected chi connectivity index (χ0v) is 19.3. The van der Waals surface area contributed by atoms with Crippen LogP contribution in [0.2, 0.25) is 10.0 Å². The molecule has 0 saturated carbocycles. The van der Waals surface area contributed by atoms with Crippen molar-refractivity contribution in [1.29, 1.82) is 0 Å². The molecule has 2 aliphatic heterocycles. The van der Waals surface area contributed by atoms with E-state index in [-0.39, 0.29) is 11.9 Å². The highest BCUT2D eigenvalue weighted by molar-refractivity contribution is 6.40. The topological polar surface area (TPSA) is 47.9 Å². The number of anilines is 1. The fourth-order valence-corrected chi connectivity index (χ4v) is 4.65. The van der Waals surface area contributed by atoms with E-state index in [4.69, 9.17) is 28.3 Å². The van der Waals surface area contributed by atoms with Gasteiger partial charge in [-0.15, -0.1) is 0 Å². The monoisotopic (exact) mass is 458 g/mol.